The van der Waals surface area contributed by atoms with Crippen LogP contribution in [0.4, 0.5) is 0 Å². The molecule has 0 fully saturated rings. The van der Waals surface area contributed by atoms with Crippen molar-refractivity contribution in [1.82, 2.24) is 15.5 Å². The van der Waals surface area contributed by atoms with E-state index in [1.165, 1.54) is 0 Å². The third-order valence-corrected chi connectivity index (χ3v) is 1.90. The van der Waals surface area contributed by atoms with Gasteiger partial charge < -0.3 is 15.6 Å². The summed E-state index contributed by atoms with van der Waals surface area (Å²) in [5, 5.41) is 6.14. The number of nitrogens with two attached hydrogens (primary N) is 1. The van der Waals surface area contributed by atoms with Gasteiger partial charge in [0.15, 0.2) is 0 Å². The second-order valence-corrected chi connectivity index (χ2v) is 3.21. The predicted molar refractivity (Wildman–Crippen MR) is 54.1 cm³/mol. The Hall–Kier alpha value is -1.43. The molecular formula is C9H16N4O2. The highest BCUT2D eigenvalue weighted by molar-refractivity contribution is 5.90. The van der Waals surface area contributed by atoms with Crippen LogP contribution in [0.5, 0.6) is 0 Å². The molecule has 1 atom stereocenters. The van der Waals surface area contributed by atoms with Crippen molar-refractivity contribution in [2.75, 3.05) is 6.54 Å². The second-order valence-electron chi connectivity index (χ2n) is 3.21. The molecule has 0 bridgehead atoms. The molecule has 3 N–H and O–H groups in total. The lowest BCUT2D eigenvalue weighted by atomic mass is 10.2. The van der Waals surface area contributed by atoms with Gasteiger partial charge in [-0.25, -0.2) is 0 Å². The standard InChI is InChI=1S/C9H16N4O2/c1-3-5-6(10)9-12-7(13-15-9)8(14)11-4-2/h6H,3-5,10H2,1-2H3,(H,11,14)/t6-/m1/s1. The van der Waals surface area contributed by atoms with E-state index >= 15 is 0 Å². The smallest absolute Gasteiger partial charge is 0.292 e. The van der Waals surface area contributed by atoms with Crippen LogP contribution in [-0.4, -0.2) is 22.6 Å². The Bertz CT molecular complexity index is 324. The Morgan fingerprint density at radius 3 is 2.93 bits per heavy atom. The van der Waals surface area contributed by atoms with E-state index in [1.54, 1.807) is 0 Å². The van der Waals surface area contributed by atoms with Crippen molar-refractivity contribution in [2.24, 2.45) is 5.73 Å². The molecule has 1 amide bonds. The van der Waals surface area contributed by atoms with Gasteiger partial charge in [0.25, 0.3) is 11.7 Å². The number of hydrogen-bond donors (Lipinski definition) is 2. The van der Waals surface area contributed by atoms with Crippen LogP contribution in [0.2, 0.25) is 0 Å². The molecule has 15 heavy (non-hydrogen) atoms. The fourth-order valence-electron chi connectivity index (χ4n) is 1.15. The number of hydrogen-bond acceptors (Lipinski definition) is 5. The topological polar surface area (TPSA) is 94.0 Å². The molecule has 1 aromatic heterocycles. The van der Waals surface area contributed by atoms with E-state index in [0.29, 0.717) is 12.4 Å². The van der Waals surface area contributed by atoms with Crippen molar-refractivity contribution >= 4 is 5.91 Å². The monoisotopic (exact) mass is 212 g/mol. The molecule has 0 saturated heterocycles. The summed E-state index contributed by atoms with van der Waals surface area (Å²) in [7, 11) is 0. The summed E-state index contributed by atoms with van der Waals surface area (Å²) in [5.74, 6) is 0.0210. The van der Waals surface area contributed by atoms with Gasteiger partial charge in [-0.2, -0.15) is 4.98 Å². The molecule has 0 spiro atoms. The first-order valence-corrected chi connectivity index (χ1v) is 5.06. The number of carbonyl (C=O) groups excluding carboxylic acids is 1. The zero-order valence-electron chi connectivity index (χ0n) is 8.99. The van der Waals surface area contributed by atoms with Crippen LogP contribution >= 0.6 is 0 Å². The van der Waals surface area contributed by atoms with E-state index in [9.17, 15) is 4.79 Å². The van der Waals surface area contributed by atoms with Crippen LogP contribution in [0.15, 0.2) is 4.52 Å². The quantitative estimate of drug-likeness (QED) is 0.746. The van der Waals surface area contributed by atoms with Gasteiger partial charge in [-0.15, -0.1) is 0 Å². The maximum Gasteiger partial charge on any atom is 0.292 e. The van der Waals surface area contributed by atoms with Gasteiger partial charge in [-0.1, -0.05) is 18.5 Å². The fraction of sp³-hybridized carbons (Fsp3) is 0.667. The van der Waals surface area contributed by atoms with Gasteiger partial charge in [0, 0.05) is 6.54 Å². The summed E-state index contributed by atoms with van der Waals surface area (Å²) in [5.41, 5.74) is 5.76. The Balaban J connectivity index is 2.67. The Labute approximate surface area is 88.2 Å². The first-order chi connectivity index (χ1) is 7.19. The third kappa shape index (κ3) is 3.02. The highest BCUT2D eigenvalue weighted by Crippen LogP contribution is 2.12. The molecule has 0 aromatic carbocycles. The number of nitrogens with one attached hydrogen (secondary N) is 1. The maximum atomic E-state index is 11.3. The number of rotatable bonds is 5. The maximum absolute atomic E-state index is 11.3. The molecule has 0 radical (unpaired) electrons. The molecular weight excluding hydrogens is 196 g/mol. The van der Waals surface area contributed by atoms with Crippen molar-refractivity contribution in [3.63, 3.8) is 0 Å². The van der Waals surface area contributed by atoms with Crippen molar-refractivity contribution in [1.29, 1.82) is 0 Å². The highest BCUT2D eigenvalue weighted by atomic mass is 16.5. The lowest BCUT2D eigenvalue weighted by Crippen LogP contribution is -2.24. The number of nitrogens with zero attached hydrogens (tertiary/aromatic N) is 2. The predicted octanol–water partition coefficient (Wildman–Crippen LogP) is 0.619. The van der Waals surface area contributed by atoms with Crippen LogP contribution in [0.25, 0.3) is 0 Å². The molecule has 1 aromatic rings. The van der Waals surface area contributed by atoms with Gasteiger partial charge >= 0.3 is 0 Å². The summed E-state index contributed by atoms with van der Waals surface area (Å²) in [6.45, 7) is 4.37. The summed E-state index contributed by atoms with van der Waals surface area (Å²) in [4.78, 5) is 15.2. The summed E-state index contributed by atoms with van der Waals surface area (Å²) < 4.78 is 4.90. The third-order valence-electron chi connectivity index (χ3n) is 1.90. The molecule has 84 valence electrons. The van der Waals surface area contributed by atoms with Crippen molar-refractivity contribution in [3.8, 4) is 0 Å². The zero-order valence-corrected chi connectivity index (χ0v) is 8.99. The SMILES string of the molecule is CCC[C@@H](N)c1nc(C(=O)NCC)no1. The normalized spacial score (nSPS) is 12.5. The molecule has 0 aliphatic rings. The van der Waals surface area contributed by atoms with Crippen LogP contribution in [0, 0.1) is 0 Å². The van der Waals surface area contributed by atoms with E-state index in [1.807, 2.05) is 13.8 Å². The summed E-state index contributed by atoms with van der Waals surface area (Å²) in [6, 6.07) is -0.286. The molecule has 6 heteroatoms. The number of amides is 1. The van der Waals surface area contributed by atoms with E-state index in [4.69, 9.17) is 10.3 Å². The highest BCUT2D eigenvalue weighted by Gasteiger charge is 2.17. The minimum atomic E-state index is -0.337. The molecule has 0 aliphatic carbocycles. The van der Waals surface area contributed by atoms with Gasteiger partial charge in [0.1, 0.15) is 0 Å². The van der Waals surface area contributed by atoms with Crippen molar-refractivity contribution in [3.05, 3.63) is 11.7 Å². The first kappa shape index (κ1) is 11.6. The second kappa shape index (κ2) is 5.45. The van der Waals surface area contributed by atoms with E-state index in [2.05, 4.69) is 15.5 Å². The van der Waals surface area contributed by atoms with Gasteiger partial charge in [0.05, 0.1) is 6.04 Å². The van der Waals surface area contributed by atoms with Crippen molar-refractivity contribution in [2.45, 2.75) is 32.7 Å². The van der Waals surface area contributed by atoms with Crippen LogP contribution < -0.4 is 11.1 Å². The first-order valence-electron chi connectivity index (χ1n) is 5.06. The average molecular weight is 212 g/mol. The van der Waals surface area contributed by atoms with Crippen molar-refractivity contribution < 1.29 is 9.32 Å². The molecule has 1 heterocycles. The lowest BCUT2D eigenvalue weighted by Gasteiger charge is -2.02. The average Bonchev–Trinajstić information content (AvgIpc) is 2.67. The fourth-order valence-corrected chi connectivity index (χ4v) is 1.15. The van der Waals surface area contributed by atoms with Crippen LogP contribution in [0.3, 0.4) is 0 Å². The molecule has 1 rings (SSSR count). The Morgan fingerprint density at radius 2 is 2.33 bits per heavy atom. The minimum absolute atomic E-state index is 0.0402. The summed E-state index contributed by atoms with van der Waals surface area (Å²) >= 11 is 0. The largest absolute Gasteiger partial charge is 0.349 e. The molecule has 6 nitrogen and oxygen atoms in total. The van der Waals surface area contributed by atoms with Crippen LogP contribution in [0.1, 0.15) is 49.2 Å². The Morgan fingerprint density at radius 1 is 1.60 bits per heavy atom. The summed E-state index contributed by atoms with van der Waals surface area (Å²) in [6.07, 6.45) is 1.69. The Kier molecular flexibility index (Phi) is 4.23. The number of carbonyl (C=O) groups is 1. The van der Waals surface area contributed by atoms with E-state index in [0.717, 1.165) is 12.8 Å². The lowest BCUT2D eigenvalue weighted by molar-refractivity contribution is 0.0942. The minimum Gasteiger partial charge on any atom is -0.349 e. The van der Waals surface area contributed by atoms with Gasteiger partial charge in [-0.3, -0.25) is 4.79 Å². The molecule has 0 saturated carbocycles. The van der Waals surface area contributed by atoms with Gasteiger partial charge in [-0.05, 0) is 13.3 Å². The van der Waals surface area contributed by atoms with Crippen LogP contribution in [-0.2, 0) is 0 Å². The van der Waals surface area contributed by atoms with E-state index in [-0.39, 0.29) is 17.8 Å². The number of aromatic nitrogens is 2. The molecule has 0 unspecified atom stereocenters. The van der Waals surface area contributed by atoms with Gasteiger partial charge in [0.2, 0.25) is 5.89 Å². The van der Waals surface area contributed by atoms with E-state index < -0.39 is 0 Å². The zero-order chi connectivity index (χ0) is 11.3. The molecule has 0 aliphatic heterocycles.